The number of ether oxygens (including phenoxy) is 4. The van der Waals surface area contributed by atoms with Crippen LogP contribution < -0.4 is 19.3 Å². The Bertz CT molecular complexity index is 1720. The number of anilines is 2. The van der Waals surface area contributed by atoms with E-state index in [9.17, 15) is 39.3 Å². The zero-order valence-corrected chi connectivity index (χ0v) is 33.4. The van der Waals surface area contributed by atoms with E-state index in [1.54, 1.807) is 21.9 Å². The third kappa shape index (κ3) is 13.0. The number of carbonyl (C=O) groups is 5. The number of hydrogen-bond acceptors (Lipinski definition) is 14. The number of nitrogens with zero attached hydrogens (tertiary/aromatic N) is 4. The van der Waals surface area contributed by atoms with Crippen molar-refractivity contribution in [1.29, 1.82) is 0 Å². The Balaban J connectivity index is 0.000000355. The summed E-state index contributed by atoms with van der Waals surface area (Å²) in [6.07, 6.45) is -0.219. The number of methoxy groups -OCH3 is 2. The van der Waals surface area contributed by atoms with Gasteiger partial charge in [0.15, 0.2) is 12.0 Å². The zero-order chi connectivity index (χ0) is 41.7. The molecule has 4 rings (SSSR count). The van der Waals surface area contributed by atoms with E-state index in [1.165, 1.54) is 26.4 Å². The van der Waals surface area contributed by atoms with Gasteiger partial charge in [-0.2, -0.15) is 0 Å². The fourth-order valence-electron chi connectivity index (χ4n) is 5.72. The third-order valence-electron chi connectivity index (χ3n) is 8.10. The number of aromatic carboxylic acids is 2. The predicted molar refractivity (Wildman–Crippen MR) is 193 cm³/mol. The standard InChI is InChI=1S/C18H26N2O6.C18H24N2O6.Mn.2O/c2*1-18(2,3)26-17(24)20-9-7-19(8-10-20)14-6-5-12(16(22)23)13(11-21)15(14)25-4;;;/h5-6,21H,7-11H2,1-4H3,(H,22,23);5-6,11H,7-10H2,1-4H3,(H,22,23);;;. The second kappa shape index (κ2) is 20.5. The van der Waals surface area contributed by atoms with Gasteiger partial charge in [-0.05, 0) is 65.8 Å². The Kier molecular flexibility index (Phi) is 17.2. The number of aliphatic hydroxyl groups excluding tert-OH is 1. The fourth-order valence-corrected chi connectivity index (χ4v) is 5.72. The van der Waals surface area contributed by atoms with Crippen molar-refractivity contribution in [3.63, 3.8) is 0 Å². The molecule has 0 atom stereocenters. The molecule has 2 heterocycles. The average molecular weight is 818 g/mol. The number of aliphatic hydroxyl groups is 1. The minimum absolute atomic E-state index is 0.00655. The fraction of sp³-hybridized carbons (Fsp3) is 0.528. The van der Waals surface area contributed by atoms with Crippen molar-refractivity contribution in [2.75, 3.05) is 76.4 Å². The molecule has 0 spiro atoms. The van der Waals surface area contributed by atoms with Crippen molar-refractivity contribution in [3.05, 3.63) is 46.5 Å². The summed E-state index contributed by atoms with van der Waals surface area (Å²) >= 11 is -1.44. The summed E-state index contributed by atoms with van der Waals surface area (Å²) in [5.74, 6) is -1.73. The van der Waals surface area contributed by atoms with Crippen LogP contribution in [0.4, 0.5) is 21.0 Å². The number of carbonyl (C=O) groups excluding carboxylic acids is 3. The van der Waals surface area contributed by atoms with E-state index in [0.29, 0.717) is 75.8 Å². The molecule has 2 aromatic carbocycles. The number of carboxylic acids is 2. The predicted octanol–water partition coefficient (Wildman–Crippen LogP) is 3.97. The summed E-state index contributed by atoms with van der Waals surface area (Å²) < 4.78 is 38.3. The second-order valence-corrected chi connectivity index (χ2v) is 14.3. The van der Waals surface area contributed by atoms with Gasteiger partial charge >= 0.3 is 46.6 Å². The van der Waals surface area contributed by atoms with Crippen LogP contribution in [0.1, 0.15) is 78.2 Å². The van der Waals surface area contributed by atoms with Gasteiger partial charge in [0.25, 0.3) is 0 Å². The molecule has 18 nitrogen and oxygen atoms in total. The molecule has 305 valence electrons. The van der Waals surface area contributed by atoms with Crippen molar-refractivity contribution in [3.8, 4) is 11.5 Å². The Morgan fingerprint density at radius 2 is 1.04 bits per heavy atom. The molecule has 2 amide bonds. The van der Waals surface area contributed by atoms with Crippen LogP contribution in [0.5, 0.6) is 11.5 Å². The number of carboxylic acid groups (broad SMARTS) is 2. The molecule has 19 heteroatoms. The quantitative estimate of drug-likeness (QED) is 0.253. The van der Waals surface area contributed by atoms with Gasteiger partial charge in [-0.15, -0.1) is 0 Å². The van der Waals surface area contributed by atoms with Crippen LogP contribution in [0.3, 0.4) is 0 Å². The third-order valence-corrected chi connectivity index (χ3v) is 8.10. The maximum absolute atomic E-state index is 12.2. The van der Waals surface area contributed by atoms with E-state index in [-0.39, 0.29) is 40.2 Å². The summed E-state index contributed by atoms with van der Waals surface area (Å²) in [7, 11) is 2.84. The molecule has 0 aromatic heterocycles. The minimum atomic E-state index is -1.44. The number of piperazine rings is 2. The number of hydrogen-bond donors (Lipinski definition) is 3. The van der Waals surface area contributed by atoms with Crippen molar-refractivity contribution < 1.29 is 80.7 Å². The van der Waals surface area contributed by atoms with E-state index in [2.05, 4.69) is 0 Å². The van der Waals surface area contributed by atoms with Crippen LogP contribution in [0, 0.1) is 0 Å². The second-order valence-electron chi connectivity index (χ2n) is 14.1. The molecule has 0 unspecified atom stereocenters. The van der Waals surface area contributed by atoms with E-state index >= 15 is 0 Å². The van der Waals surface area contributed by atoms with Gasteiger partial charge < -0.3 is 53.9 Å². The van der Waals surface area contributed by atoms with Crippen LogP contribution >= 0.6 is 0 Å². The van der Waals surface area contributed by atoms with Crippen molar-refractivity contribution in [2.45, 2.75) is 59.4 Å². The number of aldehydes is 1. The molecular formula is C36H50MnN4O14. The van der Waals surface area contributed by atoms with Gasteiger partial charge in [-0.1, -0.05) is 0 Å². The first-order valence-electron chi connectivity index (χ1n) is 17.1. The molecule has 0 saturated carbocycles. The normalized spacial score (nSPS) is 14.3. The molecule has 2 fully saturated rings. The summed E-state index contributed by atoms with van der Waals surface area (Å²) in [6.45, 7) is 14.5. The molecule has 3 N–H and O–H groups in total. The summed E-state index contributed by atoms with van der Waals surface area (Å²) in [6, 6.07) is 6.15. The van der Waals surface area contributed by atoms with Crippen molar-refractivity contribution in [2.24, 2.45) is 0 Å². The van der Waals surface area contributed by atoms with Crippen molar-refractivity contribution >= 4 is 41.8 Å². The van der Waals surface area contributed by atoms with Crippen molar-refractivity contribution in [1.82, 2.24) is 9.80 Å². The Morgan fingerprint density at radius 3 is 1.35 bits per heavy atom. The van der Waals surface area contributed by atoms with Gasteiger partial charge in [0.05, 0.1) is 48.9 Å². The van der Waals surface area contributed by atoms with Gasteiger partial charge in [-0.3, -0.25) is 4.79 Å². The molecular weight excluding hydrogens is 767 g/mol. The van der Waals surface area contributed by atoms with E-state index in [0.717, 1.165) is 0 Å². The monoisotopic (exact) mass is 817 g/mol. The van der Waals surface area contributed by atoms with Crippen LogP contribution in [0.15, 0.2) is 24.3 Å². The van der Waals surface area contributed by atoms with Crippen LogP contribution in [0.2, 0.25) is 0 Å². The zero-order valence-electron chi connectivity index (χ0n) is 32.2. The Hall–Kier alpha value is -5.13. The SMILES string of the molecule is COc1c(N2CCN(C(=O)OC(C)(C)C)CC2)ccc(C(=O)O)c1C=O.COc1c(N2CCN(C(=O)OC(C)(C)C)CC2)ccc(C(=O)O)c1CO.[O]=[Mn]=[O]. The molecule has 2 aliphatic rings. The summed E-state index contributed by atoms with van der Waals surface area (Å²) in [5, 5.41) is 28.1. The topological polar surface area (TPSA) is 230 Å². The van der Waals surface area contributed by atoms with Crippen LogP contribution in [-0.2, 0) is 38.6 Å². The van der Waals surface area contributed by atoms with Crippen LogP contribution in [-0.4, -0.2) is 133 Å². The first kappa shape index (κ1) is 46.0. The Morgan fingerprint density at radius 1 is 0.673 bits per heavy atom. The van der Waals surface area contributed by atoms with Gasteiger partial charge in [0.1, 0.15) is 17.0 Å². The van der Waals surface area contributed by atoms with E-state index in [1.807, 2.05) is 51.3 Å². The van der Waals surface area contributed by atoms with Gasteiger partial charge in [0, 0.05) is 57.9 Å². The number of benzene rings is 2. The molecule has 0 aliphatic carbocycles. The van der Waals surface area contributed by atoms with E-state index < -0.39 is 44.6 Å². The van der Waals surface area contributed by atoms with E-state index in [4.69, 9.17) is 26.6 Å². The molecule has 2 aromatic rings. The summed E-state index contributed by atoms with van der Waals surface area (Å²) in [5.41, 5.74) is 0.393. The average Bonchev–Trinajstić information content (AvgIpc) is 3.12. The molecule has 0 radical (unpaired) electrons. The van der Waals surface area contributed by atoms with Gasteiger partial charge in [-0.25, -0.2) is 19.2 Å². The maximum atomic E-state index is 12.2. The molecule has 55 heavy (non-hydrogen) atoms. The first-order chi connectivity index (χ1) is 25.8. The molecule has 2 saturated heterocycles. The number of amides is 2. The molecule has 0 bridgehead atoms. The molecule has 2 aliphatic heterocycles. The van der Waals surface area contributed by atoms with Gasteiger partial charge in [0.2, 0.25) is 0 Å². The first-order valence-corrected chi connectivity index (χ1v) is 18.0. The summed E-state index contributed by atoms with van der Waals surface area (Å²) in [4.78, 5) is 65.5. The van der Waals surface area contributed by atoms with Crippen LogP contribution in [0.25, 0.3) is 0 Å². The number of rotatable bonds is 8. The Labute approximate surface area is 325 Å².